The number of hydrogen-bond acceptors (Lipinski definition) is 4. The molecule has 1 aliphatic rings. The van der Waals surface area contributed by atoms with E-state index in [1.165, 1.54) is 23.7 Å². The van der Waals surface area contributed by atoms with E-state index in [9.17, 15) is 9.59 Å². The van der Waals surface area contributed by atoms with Gasteiger partial charge in [0.15, 0.2) is 0 Å². The van der Waals surface area contributed by atoms with Crippen LogP contribution in [0.5, 0.6) is 0 Å². The number of thioether (sulfide) groups is 1. The van der Waals surface area contributed by atoms with Crippen LogP contribution in [0.4, 0.5) is 0 Å². The summed E-state index contributed by atoms with van der Waals surface area (Å²) in [5, 5.41) is 3.09. The Morgan fingerprint density at radius 3 is 2.58 bits per heavy atom. The van der Waals surface area contributed by atoms with Crippen LogP contribution in [0.2, 0.25) is 0 Å². The summed E-state index contributed by atoms with van der Waals surface area (Å²) in [4.78, 5) is 26.2. The monoisotopic (exact) mass is 372 g/mol. The molecule has 0 saturated carbocycles. The molecule has 26 heavy (non-hydrogen) atoms. The zero-order valence-corrected chi connectivity index (χ0v) is 15.8. The quantitative estimate of drug-likeness (QED) is 0.846. The molecule has 2 aromatic rings. The van der Waals surface area contributed by atoms with Crippen LogP contribution in [0, 0.1) is 6.92 Å². The number of piperidine rings is 1. The van der Waals surface area contributed by atoms with Gasteiger partial charge in [-0.05, 0) is 31.4 Å². The third-order valence-corrected chi connectivity index (χ3v) is 5.54. The van der Waals surface area contributed by atoms with E-state index in [4.69, 9.17) is 4.42 Å². The van der Waals surface area contributed by atoms with E-state index in [-0.39, 0.29) is 17.9 Å². The second kappa shape index (κ2) is 8.94. The summed E-state index contributed by atoms with van der Waals surface area (Å²) in [6.45, 7) is 3.38. The summed E-state index contributed by atoms with van der Waals surface area (Å²) in [5.74, 6) is 1.37. The van der Waals surface area contributed by atoms with E-state index in [2.05, 4.69) is 36.5 Å². The Morgan fingerprint density at radius 2 is 1.92 bits per heavy atom. The molecule has 0 atom stereocenters. The fraction of sp³-hybridized carbons (Fsp3) is 0.400. The van der Waals surface area contributed by atoms with Crippen molar-refractivity contribution in [3.63, 3.8) is 0 Å². The van der Waals surface area contributed by atoms with Gasteiger partial charge in [-0.3, -0.25) is 9.59 Å². The highest BCUT2D eigenvalue weighted by molar-refractivity contribution is 7.99. The van der Waals surface area contributed by atoms with Crippen LogP contribution in [0.25, 0.3) is 0 Å². The highest BCUT2D eigenvalue weighted by Gasteiger charge is 2.24. The molecule has 0 spiro atoms. The minimum atomic E-state index is -0.00261. The lowest BCUT2D eigenvalue weighted by Gasteiger charge is -2.32. The van der Waals surface area contributed by atoms with Crippen molar-refractivity contribution in [1.82, 2.24) is 10.2 Å². The molecule has 138 valence electrons. The first-order chi connectivity index (χ1) is 12.6. The number of likely N-dealkylation sites (tertiary alicyclic amines) is 1. The highest BCUT2D eigenvalue weighted by atomic mass is 32.2. The number of hydrogen-bond donors (Lipinski definition) is 1. The second-order valence-corrected chi connectivity index (χ2v) is 7.61. The Hall–Kier alpha value is -2.21. The number of rotatable bonds is 6. The van der Waals surface area contributed by atoms with Gasteiger partial charge >= 0.3 is 0 Å². The molecule has 5 nitrogen and oxygen atoms in total. The van der Waals surface area contributed by atoms with Gasteiger partial charge in [0.25, 0.3) is 5.91 Å². The minimum absolute atomic E-state index is 0.00261. The molecular weight excluding hydrogens is 348 g/mol. The summed E-state index contributed by atoms with van der Waals surface area (Å²) in [7, 11) is 0. The molecule has 6 heteroatoms. The average molecular weight is 372 g/mol. The van der Waals surface area contributed by atoms with Crippen LogP contribution in [-0.2, 0) is 10.5 Å². The standard InChI is InChI=1S/C20H24N2O3S/c1-15-2-4-16(5-3-15)13-26-14-19(23)21-18-6-9-22(10-7-18)20(24)17-8-11-25-12-17/h2-5,8,11-12,18H,6-7,9-10,13-14H2,1H3,(H,21,23). The molecule has 0 bridgehead atoms. The van der Waals surface area contributed by atoms with Gasteiger partial charge < -0.3 is 14.6 Å². The van der Waals surface area contributed by atoms with Gasteiger partial charge in [0.05, 0.1) is 17.6 Å². The van der Waals surface area contributed by atoms with Crippen molar-refractivity contribution < 1.29 is 14.0 Å². The number of aryl methyl sites for hydroxylation is 1. The molecule has 0 radical (unpaired) electrons. The Bertz CT molecular complexity index is 720. The first kappa shape index (κ1) is 18.6. The minimum Gasteiger partial charge on any atom is -0.472 e. The molecule has 2 heterocycles. The van der Waals surface area contributed by atoms with E-state index in [0.717, 1.165) is 18.6 Å². The lowest BCUT2D eigenvalue weighted by Crippen LogP contribution is -2.46. The molecule has 1 aromatic carbocycles. The third-order valence-electron chi connectivity index (χ3n) is 4.54. The van der Waals surface area contributed by atoms with Crippen molar-refractivity contribution in [3.05, 3.63) is 59.5 Å². The number of nitrogens with zero attached hydrogens (tertiary/aromatic N) is 1. The normalized spacial score (nSPS) is 15.0. The Morgan fingerprint density at radius 1 is 1.19 bits per heavy atom. The Labute approximate surface area is 158 Å². The lowest BCUT2D eigenvalue weighted by atomic mass is 10.0. The molecule has 1 aromatic heterocycles. The summed E-state index contributed by atoms with van der Waals surface area (Å²) in [5.41, 5.74) is 3.06. The fourth-order valence-corrected chi connectivity index (χ4v) is 3.81. The molecule has 1 fully saturated rings. The van der Waals surface area contributed by atoms with Gasteiger partial charge in [-0.1, -0.05) is 29.8 Å². The molecule has 0 unspecified atom stereocenters. The maximum absolute atomic E-state index is 12.3. The molecule has 0 aliphatic carbocycles. The van der Waals surface area contributed by atoms with E-state index < -0.39 is 0 Å². The Kier molecular flexibility index (Phi) is 6.39. The first-order valence-corrected chi connectivity index (χ1v) is 10.0. The molecule has 1 saturated heterocycles. The zero-order valence-electron chi connectivity index (χ0n) is 14.9. The van der Waals surface area contributed by atoms with E-state index >= 15 is 0 Å². The number of carbonyl (C=O) groups excluding carboxylic acids is 2. The SMILES string of the molecule is Cc1ccc(CSCC(=O)NC2CCN(C(=O)c3ccoc3)CC2)cc1. The number of carbonyl (C=O) groups is 2. The van der Waals surface area contributed by atoms with E-state index in [0.29, 0.717) is 24.4 Å². The van der Waals surface area contributed by atoms with Crippen molar-refractivity contribution in [2.75, 3.05) is 18.8 Å². The number of amides is 2. The maximum atomic E-state index is 12.3. The van der Waals surface area contributed by atoms with Crippen LogP contribution >= 0.6 is 11.8 Å². The second-order valence-electron chi connectivity index (χ2n) is 6.62. The predicted molar refractivity (Wildman–Crippen MR) is 103 cm³/mol. The summed E-state index contributed by atoms with van der Waals surface area (Å²) >= 11 is 1.63. The first-order valence-electron chi connectivity index (χ1n) is 8.86. The van der Waals surface area contributed by atoms with Crippen molar-refractivity contribution in [2.45, 2.75) is 31.6 Å². The van der Waals surface area contributed by atoms with Crippen LogP contribution < -0.4 is 5.32 Å². The zero-order chi connectivity index (χ0) is 18.4. The van der Waals surface area contributed by atoms with Crippen molar-refractivity contribution in [3.8, 4) is 0 Å². The van der Waals surface area contributed by atoms with Crippen LogP contribution in [0.15, 0.2) is 47.3 Å². The van der Waals surface area contributed by atoms with Gasteiger partial charge in [0, 0.05) is 24.9 Å². The lowest BCUT2D eigenvalue weighted by molar-refractivity contribution is -0.119. The average Bonchev–Trinajstić information content (AvgIpc) is 3.18. The summed E-state index contributed by atoms with van der Waals surface area (Å²) < 4.78 is 4.97. The van der Waals surface area contributed by atoms with Crippen molar-refractivity contribution >= 4 is 23.6 Å². The molecule has 1 N–H and O–H groups in total. The largest absolute Gasteiger partial charge is 0.472 e. The predicted octanol–water partition coefficient (Wildman–Crippen LogP) is 3.24. The fourth-order valence-electron chi connectivity index (χ4n) is 3.01. The smallest absolute Gasteiger partial charge is 0.257 e. The van der Waals surface area contributed by atoms with E-state index in [1.54, 1.807) is 17.8 Å². The van der Waals surface area contributed by atoms with Crippen LogP contribution in [0.1, 0.15) is 34.3 Å². The third kappa shape index (κ3) is 5.14. The van der Waals surface area contributed by atoms with Gasteiger partial charge in [0.1, 0.15) is 6.26 Å². The molecule has 1 aliphatic heterocycles. The van der Waals surface area contributed by atoms with Gasteiger partial charge in [-0.25, -0.2) is 0 Å². The summed E-state index contributed by atoms with van der Waals surface area (Å²) in [6.07, 6.45) is 4.56. The topological polar surface area (TPSA) is 62.6 Å². The van der Waals surface area contributed by atoms with Gasteiger partial charge in [-0.2, -0.15) is 0 Å². The van der Waals surface area contributed by atoms with Crippen LogP contribution in [-0.4, -0.2) is 41.6 Å². The van der Waals surface area contributed by atoms with Crippen LogP contribution in [0.3, 0.4) is 0 Å². The van der Waals surface area contributed by atoms with Gasteiger partial charge in [-0.15, -0.1) is 11.8 Å². The highest BCUT2D eigenvalue weighted by Crippen LogP contribution is 2.16. The molecular formula is C20H24N2O3S. The van der Waals surface area contributed by atoms with E-state index in [1.807, 2.05) is 4.90 Å². The molecule has 3 rings (SSSR count). The molecule has 2 amide bonds. The number of nitrogens with one attached hydrogen (secondary N) is 1. The number of benzene rings is 1. The van der Waals surface area contributed by atoms with Crippen molar-refractivity contribution in [2.24, 2.45) is 0 Å². The Balaban J connectivity index is 1.35. The maximum Gasteiger partial charge on any atom is 0.257 e. The summed E-state index contributed by atoms with van der Waals surface area (Å²) in [6, 6.07) is 10.2. The van der Waals surface area contributed by atoms with Gasteiger partial charge in [0.2, 0.25) is 5.91 Å². The van der Waals surface area contributed by atoms with Crippen molar-refractivity contribution in [1.29, 1.82) is 0 Å². The number of furan rings is 1.